The molecule has 0 aromatic heterocycles. The normalized spacial score (nSPS) is 27.9. The summed E-state index contributed by atoms with van der Waals surface area (Å²) < 4.78 is 1.13. The zero-order valence-corrected chi connectivity index (χ0v) is 11.7. The third-order valence-corrected chi connectivity index (χ3v) is 4.45. The van der Waals surface area contributed by atoms with Crippen LogP contribution in [0, 0.1) is 5.92 Å². The minimum atomic E-state index is 0.641. The van der Waals surface area contributed by atoms with Gasteiger partial charge in [-0.05, 0) is 30.9 Å². The number of aliphatic imine (C=N–C) groups is 1. The van der Waals surface area contributed by atoms with E-state index < -0.39 is 0 Å². The molecule has 1 fully saturated rings. The highest BCUT2D eigenvalue weighted by Gasteiger charge is 2.34. The number of hydrogen-bond acceptors (Lipinski definition) is 2. The van der Waals surface area contributed by atoms with Gasteiger partial charge in [0.25, 0.3) is 0 Å². The first-order valence-electron chi connectivity index (χ1n) is 6.33. The van der Waals surface area contributed by atoms with Gasteiger partial charge in [-0.3, -0.25) is 4.99 Å². The standard InChI is InChI=1S/C14H17BrN2/c1-10-3-2-8-17-13(10)9-16-14(17)11-4-6-12(15)7-5-11/h4-7,10,13H,2-3,8-9H2,1H3/t10-,13?/m0/s1. The first kappa shape index (κ1) is 11.3. The minimum Gasteiger partial charge on any atom is -0.351 e. The third kappa shape index (κ3) is 2.01. The molecule has 0 N–H and O–H groups in total. The van der Waals surface area contributed by atoms with Crippen LogP contribution in [0.25, 0.3) is 0 Å². The molecule has 0 saturated carbocycles. The van der Waals surface area contributed by atoms with Crippen LogP contribution in [0.5, 0.6) is 0 Å². The van der Waals surface area contributed by atoms with Crippen molar-refractivity contribution < 1.29 is 0 Å². The van der Waals surface area contributed by atoms with Crippen molar-refractivity contribution in [2.75, 3.05) is 13.1 Å². The third-order valence-electron chi connectivity index (χ3n) is 3.92. The monoisotopic (exact) mass is 292 g/mol. The molecule has 3 heteroatoms. The topological polar surface area (TPSA) is 15.6 Å². The number of rotatable bonds is 1. The molecule has 2 heterocycles. The predicted molar refractivity (Wildman–Crippen MR) is 74.4 cm³/mol. The van der Waals surface area contributed by atoms with Gasteiger partial charge in [0, 0.05) is 16.6 Å². The van der Waals surface area contributed by atoms with E-state index in [1.165, 1.54) is 30.8 Å². The van der Waals surface area contributed by atoms with E-state index >= 15 is 0 Å². The van der Waals surface area contributed by atoms with Gasteiger partial charge in [0.2, 0.25) is 0 Å². The summed E-state index contributed by atoms with van der Waals surface area (Å²) in [5, 5.41) is 0. The summed E-state index contributed by atoms with van der Waals surface area (Å²) in [4.78, 5) is 7.27. The SMILES string of the molecule is C[C@H]1CCCN2C(c3ccc(Br)cc3)=NCC12. The first-order chi connectivity index (χ1) is 8.25. The summed E-state index contributed by atoms with van der Waals surface area (Å²) in [7, 11) is 0. The predicted octanol–water partition coefficient (Wildman–Crippen LogP) is 3.31. The largest absolute Gasteiger partial charge is 0.351 e. The Morgan fingerprint density at radius 3 is 2.82 bits per heavy atom. The molecule has 90 valence electrons. The molecule has 0 aliphatic carbocycles. The smallest absolute Gasteiger partial charge is 0.131 e. The Hall–Kier alpha value is -0.830. The average Bonchev–Trinajstić information content (AvgIpc) is 2.75. The molecular weight excluding hydrogens is 276 g/mol. The molecule has 1 aromatic carbocycles. The van der Waals surface area contributed by atoms with Crippen molar-refractivity contribution in [3.63, 3.8) is 0 Å². The van der Waals surface area contributed by atoms with E-state index in [0.717, 1.165) is 16.9 Å². The van der Waals surface area contributed by atoms with Gasteiger partial charge in [-0.15, -0.1) is 0 Å². The minimum absolute atomic E-state index is 0.641. The Bertz CT molecular complexity index is 438. The maximum Gasteiger partial charge on any atom is 0.131 e. The summed E-state index contributed by atoms with van der Waals surface area (Å²) in [6.45, 7) is 4.51. The molecule has 0 radical (unpaired) electrons. The molecule has 1 saturated heterocycles. The zero-order valence-electron chi connectivity index (χ0n) is 10.1. The van der Waals surface area contributed by atoms with Crippen molar-refractivity contribution >= 4 is 21.8 Å². The summed E-state index contributed by atoms with van der Waals surface area (Å²) in [6.07, 6.45) is 2.65. The molecule has 3 rings (SSSR count). The number of amidine groups is 1. The lowest BCUT2D eigenvalue weighted by molar-refractivity contribution is 0.200. The summed E-state index contributed by atoms with van der Waals surface area (Å²) in [5.74, 6) is 1.98. The maximum absolute atomic E-state index is 4.76. The second kappa shape index (κ2) is 4.45. The van der Waals surface area contributed by atoms with E-state index in [4.69, 9.17) is 4.99 Å². The van der Waals surface area contributed by atoms with Gasteiger partial charge in [0.05, 0.1) is 12.6 Å². The van der Waals surface area contributed by atoms with Gasteiger partial charge in [-0.1, -0.05) is 35.0 Å². The second-order valence-electron chi connectivity index (χ2n) is 5.05. The average molecular weight is 293 g/mol. The lowest BCUT2D eigenvalue weighted by Gasteiger charge is -2.36. The Labute approximate surface area is 111 Å². The number of fused-ring (bicyclic) bond motifs is 1. The summed E-state index contributed by atoms with van der Waals surface area (Å²) >= 11 is 3.48. The van der Waals surface area contributed by atoms with Crippen LogP contribution in [-0.4, -0.2) is 29.9 Å². The molecule has 2 aliphatic heterocycles. The summed E-state index contributed by atoms with van der Waals surface area (Å²) in [5.41, 5.74) is 1.25. The highest BCUT2D eigenvalue weighted by molar-refractivity contribution is 9.10. The van der Waals surface area contributed by atoms with Gasteiger partial charge < -0.3 is 4.90 Å². The molecule has 2 aliphatic rings. The van der Waals surface area contributed by atoms with Crippen LogP contribution in [0.15, 0.2) is 33.7 Å². The molecule has 2 atom stereocenters. The number of piperidine rings is 1. The Morgan fingerprint density at radius 1 is 1.29 bits per heavy atom. The molecule has 1 aromatic rings. The summed E-state index contributed by atoms with van der Waals surface area (Å²) in [6, 6.07) is 9.15. The maximum atomic E-state index is 4.76. The van der Waals surface area contributed by atoms with E-state index in [2.05, 4.69) is 52.0 Å². The van der Waals surface area contributed by atoms with Gasteiger partial charge in [0.1, 0.15) is 5.84 Å². The Kier molecular flexibility index (Phi) is 2.95. The number of hydrogen-bond donors (Lipinski definition) is 0. The number of benzene rings is 1. The molecule has 0 amide bonds. The van der Waals surface area contributed by atoms with Crippen molar-refractivity contribution in [3.8, 4) is 0 Å². The number of halogens is 1. The van der Waals surface area contributed by atoms with Crippen molar-refractivity contribution in [2.45, 2.75) is 25.8 Å². The fourth-order valence-electron chi connectivity index (χ4n) is 2.92. The van der Waals surface area contributed by atoms with E-state index in [1.54, 1.807) is 0 Å². The van der Waals surface area contributed by atoms with Crippen LogP contribution in [0.4, 0.5) is 0 Å². The van der Waals surface area contributed by atoms with Gasteiger partial charge in [0.15, 0.2) is 0 Å². The lowest BCUT2D eigenvalue weighted by Crippen LogP contribution is -2.45. The molecule has 0 bridgehead atoms. The quantitative estimate of drug-likeness (QED) is 0.775. The highest BCUT2D eigenvalue weighted by Crippen LogP contribution is 2.29. The van der Waals surface area contributed by atoms with Crippen LogP contribution in [0.1, 0.15) is 25.3 Å². The van der Waals surface area contributed by atoms with Crippen molar-refractivity contribution in [3.05, 3.63) is 34.3 Å². The fourth-order valence-corrected chi connectivity index (χ4v) is 3.18. The molecule has 17 heavy (non-hydrogen) atoms. The first-order valence-corrected chi connectivity index (χ1v) is 7.12. The van der Waals surface area contributed by atoms with Crippen molar-refractivity contribution in [1.29, 1.82) is 0 Å². The highest BCUT2D eigenvalue weighted by atomic mass is 79.9. The van der Waals surface area contributed by atoms with Crippen LogP contribution in [-0.2, 0) is 0 Å². The van der Waals surface area contributed by atoms with E-state index in [1.807, 2.05) is 0 Å². The van der Waals surface area contributed by atoms with Gasteiger partial charge in [-0.25, -0.2) is 0 Å². The van der Waals surface area contributed by atoms with Gasteiger partial charge in [-0.2, -0.15) is 0 Å². The molecule has 1 unspecified atom stereocenters. The zero-order chi connectivity index (χ0) is 11.8. The van der Waals surface area contributed by atoms with Crippen LogP contribution >= 0.6 is 15.9 Å². The van der Waals surface area contributed by atoms with Crippen molar-refractivity contribution in [2.24, 2.45) is 10.9 Å². The van der Waals surface area contributed by atoms with E-state index in [9.17, 15) is 0 Å². The Morgan fingerprint density at radius 2 is 2.06 bits per heavy atom. The van der Waals surface area contributed by atoms with Crippen LogP contribution in [0.2, 0.25) is 0 Å². The van der Waals surface area contributed by atoms with Crippen LogP contribution < -0.4 is 0 Å². The lowest BCUT2D eigenvalue weighted by atomic mass is 9.91. The van der Waals surface area contributed by atoms with Crippen LogP contribution in [0.3, 0.4) is 0 Å². The van der Waals surface area contributed by atoms with Crippen molar-refractivity contribution in [1.82, 2.24) is 4.90 Å². The van der Waals surface area contributed by atoms with E-state index in [0.29, 0.717) is 6.04 Å². The van der Waals surface area contributed by atoms with E-state index in [-0.39, 0.29) is 0 Å². The Balaban J connectivity index is 1.87. The molecule has 0 spiro atoms. The molecule has 2 nitrogen and oxygen atoms in total. The molecular formula is C14H17BrN2. The number of nitrogens with zero attached hydrogens (tertiary/aromatic N) is 2. The van der Waals surface area contributed by atoms with Gasteiger partial charge >= 0.3 is 0 Å². The second-order valence-corrected chi connectivity index (χ2v) is 5.97. The fraction of sp³-hybridized carbons (Fsp3) is 0.500.